The van der Waals surface area contributed by atoms with Crippen LogP contribution < -0.4 is 25.4 Å². The molecule has 3 aromatic rings. The van der Waals surface area contributed by atoms with Crippen LogP contribution in [0.5, 0.6) is 11.5 Å². The summed E-state index contributed by atoms with van der Waals surface area (Å²) in [4.78, 5) is 76.7. The zero-order chi connectivity index (χ0) is 42.8. The third kappa shape index (κ3) is 10.4. The molecule has 59 heavy (non-hydrogen) atoms. The maximum Gasteiger partial charge on any atom is 0.408 e. The van der Waals surface area contributed by atoms with E-state index in [1.165, 1.54) is 22.3 Å². The van der Waals surface area contributed by atoms with Gasteiger partial charge in [0.25, 0.3) is 0 Å². The molecule has 5 N–H and O–H groups in total. The largest absolute Gasteiger partial charge is 0.488 e. The Morgan fingerprint density at radius 3 is 2.36 bits per heavy atom. The molecule has 8 atom stereocenters. The summed E-state index contributed by atoms with van der Waals surface area (Å²) in [5.74, 6) is -2.42. The number of benzene rings is 1. The summed E-state index contributed by atoms with van der Waals surface area (Å²) in [6.07, 6.45) is 2.90. The van der Waals surface area contributed by atoms with E-state index in [9.17, 15) is 34.2 Å². The number of alkyl carbamates (subject to hydrolysis) is 1. The van der Waals surface area contributed by atoms with E-state index in [2.05, 4.69) is 22.5 Å². The number of fused-ring (bicyclic) bond motifs is 2. The molecule has 2 unspecified atom stereocenters. The van der Waals surface area contributed by atoms with Crippen LogP contribution in [-0.4, -0.2) is 104 Å². The average Bonchev–Trinajstić information content (AvgIpc) is 3.49. The van der Waals surface area contributed by atoms with Gasteiger partial charge in [-0.1, -0.05) is 33.8 Å². The minimum atomic E-state index is -1.30. The zero-order valence-electron chi connectivity index (χ0n) is 34.2. The van der Waals surface area contributed by atoms with Crippen LogP contribution in [0.25, 0.3) is 22.3 Å². The van der Waals surface area contributed by atoms with E-state index in [1.54, 1.807) is 52.0 Å². The second-order valence-electron chi connectivity index (χ2n) is 17.0. The molecule has 17 heteroatoms. The van der Waals surface area contributed by atoms with Crippen LogP contribution in [0.4, 0.5) is 9.93 Å². The number of carboxylic acid groups (broad SMARTS) is 2. The maximum atomic E-state index is 14.7. The van der Waals surface area contributed by atoms with Crippen molar-refractivity contribution in [2.24, 2.45) is 23.2 Å². The number of ether oxygens (including phenoxy) is 3. The van der Waals surface area contributed by atoms with Crippen LogP contribution in [0.15, 0.2) is 42.3 Å². The summed E-state index contributed by atoms with van der Waals surface area (Å²) in [5, 5.41) is 31.1. The number of anilines is 1. The lowest BCUT2D eigenvalue weighted by Crippen LogP contribution is -2.59. The van der Waals surface area contributed by atoms with E-state index in [1.807, 2.05) is 19.2 Å². The predicted octanol–water partition coefficient (Wildman–Crippen LogP) is 5.71. The first-order valence-corrected chi connectivity index (χ1v) is 20.9. The van der Waals surface area contributed by atoms with Crippen LogP contribution in [0.1, 0.15) is 73.6 Å². The monoisotopic (exact) mass is 834 g/mol. The van der Waals surface area contributed by atoms with Gasteiger partial charge in [-0.2, -0.15) is 0 Å². The van der Waals surface area contributed by atoms with Crippen molar-refractivity contribution < 1.29 is 48.4 Å². The SMILES string of the molecule is C=C[C@H](CC)C(NC(=O)[C@@H]1C[C@@H](Oc2cc(-c3csc(NC(C)C)n3)nc3cc(OCC(=O)O)ccc23)CN1C(=O)[C@@H](NC(=O)OC1C[C@@H]2C[C@@H]2C1)C(C)(C)C)C(=O)O. The number of rotatable bonds is 17. The number of hydrogen-bond acceptors (Lipinski definition) is 12. The predicted molar refractivity (Wildman–Crippen MR) is 220 cm³/mol. The van der Waals surface area contributed by atoms with Gasteiger partial charge in [0.1, 0.15) is 47.5 Å². The van der Waals surface area contributed by atoms with E-state index in [4.69, 9.17) is 24.2 Å². The van der Waals surface area contributed by atoms with E-state index in [0.29, 0.717) is 51.4 Å². The Hall–Kier alpha value is -5.45. The zero-order valence-corrected chi connectivity index (χ0v) is 35.0. The highest BCUT2D eigenvalue weighted by molar-refractivity contribution is 7.14. The highest BCUT2D eigenvalue weighted by Crippen LogP contribution is 2.52. The summed E-state index contributed by atoms with van der Waals surface area (Å²) in [6.45, 7) is 14.3. The quantitative estimate of drug-likeness (QED) is 0.103. The number of nitrogens with one attached hydrogen (secondary N) is 3. The molecular weight excluding hydrogens is 781 g/mol. The molecule has 2 aliphatic carbocycles. The molecule has 0 spiro atoms. The Bertz CT molecular complexity index is 2070. The fourth-order valence-electron chi connectivity index (χ4n) is 7.91. The summed E-state index contributed by atoms with van der Waals surface area (Å²) >= 11 is 1.40. The summed E-state index contributed by atoms with van der Waals surface area (Å²) in [7, 11) is 0. The van der Waals surface area contributed by atoms with Gasteiger partial charge in [-0.05, 0) is 68.9 Å². The number of thiazole rings is 1. The lowest BCUT2D eigenvalue weighted by Gasteiger charge is -2.35. The van der Waals surface area contributed by atoms with Crippen molar-refractivity contribution in [3.8, 4) is 22.9 Å². The van der Waals surface area contributed by atoms with Gasteiger partial charge in [0.05, 0.1) is 17.8 Å². The van der Waals surface area contributed by atoms with Crippen LogP contribution >= 0.6 is 11.3 Å². The highest BCUT2D eigenvalue weighted by atomic mass is 32.1. The van der Waals surface area contributed by atoms with E-state index in [0.717, 1.165) is 19.3 Å². The molecule has 6 rings (SSSR count). The smallest absolute Gasteiger partial charge is 0.408 e. The van der Waals surface area contributed by atoms with Crippen LogP contribution in [0, 0.1) is 23.2 Å². The minimum Gasteiger partial charge on any atom is -0.488 e. The molecule has 1 aromatic carbocycles. The van der Waals surface area contributed by atoms with E-state index >= 15 is 0 Å². The van der Waals surface area contributed by atoms with Crippen LogP contribution in [0.3, 0.4) is 0 Å². The molecular formula is C42H54N6O10S. The van der Waals surface area contributed by atoms with Crippen molar-refractivity contribution in [2.75, 3.05) is 18.5 Å². The fraction of sp³-hybridized carbons (Fsp3) is 0.548. The standard InChI is InChI=1S/C42H54N6O10S/c1-8-22(9-2)35(39(53)54)46-37(51)32-16-27(18-48(32)38(52)36(42(5,6)7)47-41(55)58-26-13-23-12-24(23)14-26)57-33-17-30(31-20-59-40(45-31)43-21(3)4)44-29-15-25(10-11-28(29)33)56-19-34(49)50/h8,10-11,15,17,20-24,26-27,32,35-36H,1,9,12-14,16,18-19H2,2-7H3,(H,43,45)(H,46,51)(H,47,55)(H,49,50)(H,53,54)/t22-,23-,24+,26?,27-,32+,35?,36-/m1/s1. The van der Waals surface area contributed by atoms with Crippen molar-refractivity contribution in [1.82, 2.24) is 25.5 Å². The summed E-state index contributed by atoms with van der Waals surface area (Å²) in [6, 6.07) is 3.14. The number of nitrogens with zero attached hydrogens (tertiary/aromatic N) is 3. The minimum absolute atomic E-state index is 0.0148. The Kier molecular flexibility index (Phi) is 13.0. The summed E-state index contributed by atoms with van der Waals surface area (Å²) < 4.78 is 17.9. The molecule has 318 valence electrons. The molecule has 0 bridgehead atoms. The topological polar surface area (TPSA) is 219 Å². The first-order valence-electron chi connectivity index (χ1n) is 20.1. The fourth-order valence-corrected chi connectivity index (χ4v) is 8.76. The van der Waals surface area contributed by atoms with Gasteiger partial charge in [0, 0.05) is 41.3 Å². The molecule has 1 saturated heterocycles. The van der Waals surface area contributed by atoms with Gasteiger partial charge in [-0.3, -0.25) is 9.59 Å². The lowest BCUT2D eigenvalue weighted by atomic mass is 9.85. The second-order valence-corrected chi connectivity index (χ2v) is 17.9. The molecule has 3 fully saturated rings. The number of carbonyl (C=O) groups is 5. The molecule has 1 aliphatic heterocycles. The number of aliphatic carboxylic acids is 2. The molecule has 0 radical (unpaired) electrons. The van der Waals surface area contributed by atoms with Crippen LogP contribution in [-0.2, 0) is 23.9 Å². The third-order valence-electron chi connectivity index (χ3n) is 11.0. The number of likely N-dealkylation sites (tertiary alicyclic amines) is 1. The van der Waals surface area contributed by atoms with E-state index in [-0.39, 0.29) is 30.9 Å². The Labute approximate surface area is 347 Å². The average molecular weight is 835 g/mol. The summed E-state index contributed by atoms with van der Waals surface area (Å²) in [5.41, 5.74) is 0.600. The van der Waals surface area contributed by atoms with Crippen molar-refractivity contribution in [3.05, 3.63) is 42.3 Å². The number of carboxylic acids is 2. The van der Waals surface area contributed by atoms with Gasteiger partial charge in [-0.25, -0.2) is 24.4 Å². The molecule has 16 nitrogen and oxygen atoms in total. The molecule has 3 heterocycles. The number of carbonyl (C=O) groups excluding carboxylic acids is 3. The number of hydrogen-bond donors (Lipinski definition) is 5. The number of amides is 3. The van der Waals surface area contributed by atoms with Crippen molar-refractivity contribution >= 4 is 57.2 Å². The third-order valence-corrected chi connectivity index (χ3v) is 11.8. The lowest BCUT2D eigenvalue weighted by molar-refractivity contribution is -0.146. The second kappa shape index (κ2) is 17.8. The molecule has 2 saturated carbocycles. The van der Waals surface area contributed by atoms with Crippen molar-refractivity contribution in [1.29, 1.82) is 0 Å². The van der Waals surface area contributed by atoms with Crippen molar-refractivity contribution in [3.63, 3.8) is 0 Å². The molecule has 2 aromatic heterocycles. The molecule has 3 aliphatic rings. The Balaban J connectivity index is 1.33. The maximum absolute atomic E-state index is 14.7. The van der Waals surface area contributed by atoms with Gasteiger partial charge in [0.2, 0.25) is 11.8 Å². The van der Waals surface area contributed by atoms with Gasteiger partial charge in [-0.15, -0.1) is 17.9 Å². The number of pyridine rings is 1. The van der Waals surface area contributed by atoms with Gasteiger partial charge in [0.15, 0.2) is 11.7 Å². The van der Waals surface area contributed by atoms with Gasteiger partial charge >= 0.3 is 18.0 Å². The Morgan fingerprint density at radius 1 is 1.00 bits per heavy atom. The first kappa shape index (κ1) is 43.1. The van der Waals surface area contributed by atoms with Crippen molar-refractivity contribution in [2.45, 2.75) is 110 Å². The molecule has 3 amide bonds. The highest BCUT2D eigenvalue weighted by Gasteiger charge is 2.49. The van der Waals surface area contributed by atoms with E-state index < -0.39 is 72.0 Å². The first-order chi connectivity index (χ1) is 27.9. The normalized spacial score (nSPS) is 22.5. The van der Waals surface area contributed by atoms with Crippen LogP contribution in [0.2, 0.25) is 0 Å². The Morgan fingerprint density at radius 2 is 1.73 bits per heavy atom. The number of aromatic nitrogens is 2. The van der Waals surface area contributed by atoms with Gasteiger partial charge < -0.3 is 45.3 Å².